The monoisotopic (exact) mass is 272 g/mol. The van der Waals surface area contributed by atoms with Gasteiger partial charge in [0.05, 0.1) is 0 Å². The minimum Gasteiger partial charge on any atom is -0.350 e. The molecule has 0 unspecified atom stereocenters. The predicted octanol–water partition coefficient (Wildman–Crippen LogP) is 2.93. The first-order chi connectivity index (χ1) is 8.13. The van der Waals surface area contributed by atoms with Crippen molar-refractivity contribution < 1.29 is 4.39 Å². The Bertz CT molecular complexity index is 515. The minimum absolute atomic E-state index is 0.00624. The summed E-state index contributed by atoms with van der Waals surface area (Å²) in [6.07, 6.45) is 0. The summed E-state index contributed by atoms with van der Waals surface area (Å²) in [5.41, 5.74) is 0.762. The van der Waals surface area contributed by atoms with Gasteiger partial charge in [-0.05, 0) is 40.9 Å². The second-order valence-electron chi connectivity index (χ2n) is 3.18. The summed E-state index contributed by atoms with van der Waals surface area (Å²) in [5, 5.41) is 2.88. The van der Waals surface area contributed by atoms with E-state index < -0.39 is 0 Å². The van der Waals surface area contributed by atoms with Crippen LogP contribution in [0.5, 0.6) is 0 Å². The Balaban J connectivity index is 2.07. The maximum absolute atomic E-state index is 12.9. The van der Waals surface area contributed by atoms with E-state index in [4.69, 9.17) is 23.2 Å². The van der Waals surface area contributed by atoms with Gasteiger partial charge in [0.2, 0.25) is 16.5 Å². The number of halogens is 3. The third-order valence-corrected chi connectivity index (χ3v) is 2.26. The third-order valence-electron chi connectivity index (χ3n) is 1.92. The average Bonchev–Trinajstić information content (AvgIpc) is 2.25. The molecule has 0 aliphatic rings. The molecule has 0 saturated heterocycles. The smallest absolute Gasteiger partial charge is 0.228 e. The number of rotatable bonds is 3. The number of hydrogen-bond acceptors (Lipinski definition) is 4. The van der Waals surface area contributed by atoms with Gasteiger partial charge < -0.3 is 5.32 Å². The van der Waals surface area contributed by atoms with Gasteiger partial charge in [-0.25, -0.2) is 4.39 Å². The summed E-state index contributed by atoms with van der Waals surface area (Å²) in [4.78, 5) is 11.3. The van der Waals surface area contributed by atoms with E-state index >= 15 is 0 Å². The normalized spacial score (nSPS) is 10.3. The first-order valence-corrected chi connectivity index (χ1v) is 5.44. The van der Waals surface area contributed by atoms with Crippen LogP contribution in [0.4, 0.5) is 10.3 Å². The summed E-state index contributed by atoms with van der Waals surface area (Å²) in [5.74, 6) is -0.0460. The lowest BCUT2D eigenvalue weighted by molar-refractivity contribution is 0.626. The van der Waals surface area contributed by atoms with Crippen LogP contribution >= 0.6 is 23.2 Å². The Morgan fingerprint density at radius 1 is 1.12 bits per heavy atom. The van der Waals surface area contributed by atoms with Gasteiger partial charge in [0.25, 0.3) is 0 Å². The highest BCUT2D eigenvalue weighted by molar-refractivity contribution is 6.31. The Morgan fingerprint density at radius 2 is 1.82 bits per heavy atom. The first kappa shape index (κ1) is 12.0. The van der Waals surface area contributed by atoms with Gasteiger partial charge in [-0.3, -0.25) is 0 Å². The van der Waals surface area contributed by atoms with E-state index in [1.54, 1.807) is 12.1 Å². The second kappa shape index (κ2) is 5.25. The van der Waals surface area contributed by atoms with Crippen molar-refractivity contribution in [2.45, 2.75) is 6.54 Å². The van der Waals surface area contributed by atoms with Gasteiger partial charge in [-0.15, -0.1) is 0 Å². The fourth-order valence-corrected chi connectivity index (χ4v) is 1.60. The highest BCUT2D eigenvalue weighted by atomic mass is 35.5. The van der Waals surface area contributed by atoms with E-state index in [1.807, 2.05) is 0 Å². The van der Waals surface area contributed by atoms with Crippen LogP contribution < -0.4 is 5.32 Å². The first-order valence-electron chi connectivity index (χ1n) is 4.69. The van der Waals surface area contributed by atoms with Crippen LogP contribution in [-0.2, 0) is 6.54 Å². The molecule has 4 nitrogen and oxygen atoms in total. The van der Waals surface area contributed by atoms with Crippen LogP contribution in [-0.4, -0.2) is 15.0 Å². The molecule has 17 heavy (non-hydrogen) atoms. The molecular weight excluding hydrogens is 266 g/mol. The van der Waals surface area contributed by atoms with E-state index in [-0.39, 0.29) is 22.3 Å². The number of nitrogens with zero attached hydrogens (tertiary/aromatic N) is 3. The van der Waals surface area contributed by atoms with Crippen molar-refractivity contribution >= 4 is 29.2 Å². The van der Waals surface area contributed by atoms with Gasteiger partial charge in [0.1, 0.15) is 5.82 Å². The van der Waals surface area contributed by atoms with Crippen LogP contribution in [0.25, 0.3) is 0 Å². The molecular formula is C10H7Cl2FN4. The van der Waals surface area contributed by atoms with E-state index in [9.17, 15) is 4.39 Å². The summed E-state index contributed by atoms with van der Waals surface area (Å²) in [6.45, 7) is 0.369. The molecule has 2 aromatic rings. The lowest BCUT2D eigenvalue weighted by Crippen LogP contribution is -2.05. The molecule has 0 fully saturated rings. The van der Waals surface area contributed by atoms with Gasteiger partial charge in [0.15, 0.2) is 0 Å². The third kappa shape index (κ3) is 3.51. The fourth-order valence-electron chi connectivity index (χ4n) is 1.23. The summed E-state index contributed by atoms with van der Waals surface area (Å²) >= 11 is 11.2. The SMILES string of the molecule is Fc1cccc(CNc2nc(Cl)nc(Cl)n2)c1. The zero-order valence-corrected chi connectivity index (χ0v) is 10.0. The second-order valence-corrected chi connectivity index (χ2v) is 3.86. The molecule has 0 saturated carbocycles. The molecule has 0 aliphatic carbocycles. The Hall–Kier alpha value is -1.46. The van der Waals surface area contributed by atoms with Gasteiger partial charge in [0, 0.05) is 6.54 Å². The summed E-state index contributed by atoms with van der Waals surface area (Å²) in [6, 6.07) is 6.19. The number of nitrogens with one attached hydrogen (secondary N) is 1. The molecule has 2 rings (SSSR count). The van der Waals surface area contributed by atoms with E-state index in [2.05, 4.69) is 20.3 Å². The Kier molecular flexibility index (Phi) is 3.71. The molecule has 1 heterocycles. The molecule has 0 bridgehead atoms. The number of hydrogen-bond donors (Lipinski definition) is 1. The molecule has 0 atom stereocenters. The summed E-state index contributed by atoms with van der Waals surface area (Å²) in [7, 11) is 0. The largest absolute Gasteiger partial charge is 0.350 e. The highest BCUT2D eigenvalue weighted by Gasteiger charge is 2.03. The van der Waals surface area contributed by atoms with Crippen molar-refractivity contribution in [3.8, 4) is 0 Å². The number of aromatic nitrogens is 3. The van der Waals surface area contributed by atoms with Crippen molar-refractivity contribution in [1.29, 1.82) is 0 Å². The maximum Gasteiger partial charge on any atom is 0.228 e. The van der Waals surface area contributed by atoms with Crippen molar-refractivity contribution in [3.63, 3.8) is 0 Å². The molecule has 0 radical (unpaired) electrons. The topological polar surface area (TPSA) is 50.7 Å². The zero-order chi connectivity index (χ0) is 12.3. The van der Waals surface area contributed by atoms with Crippen LogP contribution in [0.15, 0.2) is 24.3 Å². The van der Waals surface area contributed by atoms with Crippen molar-refractivity contribution in [1.82, 2.24) is 15.0 Å². The average molecular weight is 273 g/mol. The van der Waals surface area contributed by atoms with Crippen molar-refractivity contribution in [2.24, 2.45) is 0 Å². The molecule has 88 valence electrons. The van der Waals surface area contributed by atoms with Gasteiger partial charge in [-0.2, -0.15) is 15.0 Å². The molecule has 1 aromatic heterocycles. The van der Waals surface area contributed by atoms with Crippen LogP contribution in [0.2, 0.25) is 10.6 Å². The Morgan fingerprint density at radius 3 is 2.47 bits per heavy atom. The van der Waals surface area contributed by atoms with E-state index in [0.717, 1.165) is 5.56 Å². The molecule has 7 heteroatoms. The molecule has 1 aromatic carbocycles. The Labute approximate surface area is 107 Å². The molecule has 1 N–H and O–H groups in total. The van der Waals surface area contributed by atoms with Crippen LogP contribution in [0.3, 0.4) is 0 Å². The zero-order valence-electron chi connectivity index (χ0n) is 8.49. The van der Waals surface area contributed by atoms with Crippen molar-refractivity contribution in [3.05, 3.63) is 46.2 Å². The van der Waals surface area contributed by atoms with Crippen molar-refractivity contribution in [2.75, 3.05) is 5.32 Å². The quantitative estimate of drug-likeness (QED) is 0.934. The van der Waals surface area contributed by atoms with E-state index in [0.29, 0.717) is 6.54 Å². The van der Waals surface area contributed by atoms with Gasteiger partial charge in [-0.1, -0.05) is 12.1 Å². The van der Waals surface area contributed by atoms with E-state index in [1.165, 1.54) is 12.1 Å². The molecule has 0 aliphatic heterocycles. The van der Waals surface area contributed by atoms with Gasteiger partial charge >= 0.3 is 0 Å². The maximum atomic E-state index is 12.9. The summed E-state index contributed by atoms with van der Waals surface area (Å²) < 4.78 is 12.9. The number of anilines is 1. The standard InChI is InChI=1S/C10H7Cl2FN4/c11-8-15-9(12)17-10(16-8)14-5-6-2-1-3-7(13)4-6/h1-4H,5H2,(H,14,15,16,17). The fraction of sp³-hybridized carbons (Fsp3) is 0.100. The molecule has 0 spiro atoms. The van der Waals surface area contributed by atoms with Crippen LogP contribution in [0.1, 0.15) is 5.56 Å². The minimum atomic E-state index is -0.295. The lowest BCUT2D eigenvalue weighted by Gasteiger charge is -2.05. The molecule has 0 amide bonds. The highest BCUT2D eigenvalue weighted by Crippen LogP contribution is 2.11. The number of benzene rings is 1. The van der Waals surface area contributed by atoms with Crippen LogP contribution in [0, 0.1) is 5.82 Å². The predicted molar refractivity (Wildman–Crippen MR) is 63.6 cm³/mol. The lowest BCUT2D eigenvalue weighted by atomic mass is 10.2.